The third-order valence-electron chi connectivity index (χ3n) is 3.43. The van der Waals surface area contributed by atoms with Crippen molar-refractivity contribution in [2.24, 2.45) is 5.92 Å². The third-order valence-corrected chi connectivity index (χ3v) is 3.43. The van der Waals surface area contributed by atoms with Gasteiger partial charge in [-0.2, -0.15) is 0 Å². The minimum atomic E-state index is -1.25. The van der Waals surface area contributed by atoms with E-state index in [0.29, 0.717) is 12.5 Å². The highest BCUT2D eigenvalue weighted by atomic mass is 19.2. The summed E-state index contributed by atoms with van der Waals surface area (Å²) in [6.45, 7) is 0. The molecule has 0 saturated heterocycles. The molecule has 0 aromatic heterocycles. The predicted octanol–water partition coefficient (Wildman–Crippen LogP) is 3.98. The van der Waals surface area contributed by atoms with Gasteiger partial charge in [0.1, 0.15) is 5.82 Å². The minimum Gasteiger partial charge on any atom is -0.481 e. The number of aliphatic carboxylic acids is 1. The quantitative estimate of drug-likeness (QED) is 0.820. The molecule has 0 bridgehead atoms. The molecule has 0 aliphatic heterocycles. The fourth-order valence-corrected chi connectivity index (χ4v) is 2.44. The van der Waals surface area contributed by atoms with Crippen molar-refractivity contribution in [3.05, 3.63) is 71.0 Å². The molecule has 22 heavy (non-hydrogen) atoms. The van der Waals surface area contributed by atoms with Gasteiger partial charge in [0, 0.05) is 12.5 Å². The SMILES string of the molecule is O=C(O)C[C@H](Cc1ccccc1)Cc1cc(F)c(F)cc1F. The molecule has 2 aromatic carbocycles. The predicted molar refractivity (Wildman–Crippen MR) is 75.9 cm³/mol. The van der Waals surface area contributed by atoms with Crippen molar-refractivity contribution in [1.29, 1.82) is 0 Å². The lowest BCUT2D eigenvalue weighted by Gasteiger charge is -2.16. The van der Waals surface area contributed by atoms with E-state index in [1.165, 1.54) is 0 Å². The standard InChI is InChI=1S/C17H15F3O2/c18-14-10-16(20)15(19)9-13(14)7-12(8-17(21)22)6-11-4-2-1-3-5-11/h1-5,9-10,12H,6-8H2,(H,21,22)/t12-/m1/s1. The van der Waals surface area contributed by atoms with Crippen molar-refractivity contribution >= 4 is 5.97 Å². The van der Waals surface area contributed by atoms with E-state index >= 15 is 0 Å². The molecule has 0 amide bonds. The van der Waals surface area contributed by atoms with Crippen molar-refractivity contribution in [3.63, 3.8) is 0 Å². The van der Waals surface area contributed by atoms with Crippen LogP contribution in [0.5, 0.6) is 0 Å². The molecule has 0 aliphatic carbocycles. The summed E-state index contributed by atoms with van der Waals surface area (Å²) in [6.07, 6.45) is 0.281. The highest BCUT2D eigenvalue weighted by molar-refractivity contribution is 5.67. The van der Waals surface area contributed by atoms with Gasteiger partial charge in [-0.05, 0) is 36.0 Å². The molecule has 2 aromatic rings. The van der Waals surface area contributed by atoms with E-state index < -0.39 is 29.3 Å². The fraction of sp³-hybridized carbons (Fsp3) is 0.235. The van der Waals surface area contributed by atoms with Crippen LogP contribution in [-0.2, 0) is 17.6 Å². The Morgan fingerprint density at radius 2 is 1.59 bits per heavy atom. The number of carbonyl (C=O) groups is 1. The smallest absolute Gasteiger partial charge is 0.303 e. The van der Waals surface area contributed by atoms with E-state index in [4.69, 9.17) is 5.11 Å². The Labute approximate surface area is 126 Å². The van der Waals surface area contributed by atoms with E-state index in [9.17, 15) is 18.0 Å². The molecule has 116 valence electrons. The molecule has 0 saturated carbocycles. The maximum absolute atomic E-state index is 13.7. The summed E-state index contributed by atoms with van der Waals surface area (Å²) in [5, 5.41) is 8.98. The zero-order valence-electron chi connectivity index (χ0n) is 11.7. The lowest BCUT2D eigenvalue weighted by Crippen LogP contribution is -2.15. The number of benzene rings is 2. The molecule has 0 fully saturated rings. The Morgan fingerprint density at radius 3 is 2.23 bits per heavy atom. The van der Waals surface area contributed by atoms with Gasteiger partial charge >= 0.3 is 5.97 Å². The maximum atomic E-state index is 13.7. The molecule has 0 unspecified atom stereocenters. The molecular formula is C17H15F3O2. The van der Waals surface area contributed by atoms with Crippen LogP contribution >= 0.6 is 0 Å². The summed E-state index contributed by atoms with van der Waals surface area (Å²) in [5.41, 5.74) is 0.901. The van der Waals surface area contributed by atoms with Gasteiger partial charge < -0.3 is 5.11 Å². The van der Waals surface area contributed by atoms with Gasteiger partial charge in [-0.15, -0.1) is 0 Å². The molecule has 0 spiro atoms. The van der Waals surface area contributed by atoms with Crippen molar-refractivity contribution in [1.82, 2.24) is 0 Å². The van der Waals surface area contributed by atoms with Crippen molar-refractivity contribution in [2.45, 2.75) is 19.3 Å². The van der Waals surface area contributed by atoms with Crippen molar-refractivity contribution < 1.29 is 23.1 Å². The van der Waals surface area contributed by atoms with Crippen molar-refractivity contribution in [3.8, 4) is 0 Å². The van der Waals surface area contributed by atoms with Gasteiger partial charge in [0.25, 0.3) is 0 Å². The normalized spacial score (nSPS) is 12.1. The van der Waals surface area contributed by atoms with Crippen LogP contribution in [0.15, 0.2) is 42.5 Å². The van der Waals surface area contributed by atoms with Gasteiger partial charge in [-0.3, -0.25) is 4.79 Å². The van der Waals surface area contributed by atoms with Crippen LogP contribution in [-0.4, -0.2) is 11.1 Å². The average molecular weight is 308 g/mol. The van der Waals surface area contributed by atoms with Crippen LogP contribution in [0, 0.1) is 23.4 Å². The van der Waals surface area contributed by atoms with Crippen LogP contribution in [0.3, 0.4) is 0 Å². The van der Waals surface area contributed by atoms with Crippen molar-refractivity contribution in [2.75, 3.05) is 0 Å². The Hall–Kier alpha value is -2.30. The molecule has 5 heteroatoms. The van der Waals surface area contributed by atoms with Crippen LogP contribution in [0.25, 0.3) is 0 Å². The first kappa shape index (κ1) is 16.1. The van der Waals surface area contributed by atoms with Crippen LogP contribution in [0.2, 0.25) is 0 Å². The highest BCUT2D eigenvalue weighted by Gasteiger charge is 2.18. The monoisotopic (exact) mass is 308 g/mol. The first-order valence-corrected chi connectivity index (χ1v) is 6.85. The Kier molecular flexibility index (Phi) is 5.20. The highest BCUT2D eigenvalue weighted by Crippen LogP contribution is 2.22. The summed E-state index contributed by atoms with van der Waals surface area (Å²) < 4.78 is 39.9. The number of halogens is 3. The lowest BCUT2D eigenvalue weighted by molar-refractivity contribution is -0.138. The summed E-state index contributed by atoms with van der Waals surface area (Å²) in [5.74, 6) is -4.66. The topological polar surface area (TPSA) is 37.3 Å². The maximum Gasteiger partial charge on any atom is 0.303 e. The van der Waals surface area contributed by atoms with E-state index in [0.717, 1.165) is 11.6 Å². The van der Waals surface area contributed by atoms with Gasteiger partial charge in [0.05, 0.1) is 0 Å². The Bertz CT molecular complexity index is 656. The number of rotatable bonds is 6. The van der Waals surface area contributed by atoms with E-state index in [2.05, 4.69) is 0 Å². The first-order chi connectivity index (χ1) is 10.5. The Morgan fingerprint density at radius 1 is 0.955 bits per heavy atom. The van der Waals surface area contributed by atoms with E-state index in [1.807, 2.05) is 30.3 Å². The minimum absolute atomic E-state index is 0.0129. The van der Waals surface area contributed by atoms with Gasteiger partial charge in [0.2, 0.25) is 0 Å². The number of hydrogen-bond acceptors (Lipinski definition) is 1. The Balaban J connectivity index is 2.19. The van der Waals surface area contributed by atoms with Crippen LogP contribution in [0.1, 0.15) is 17.5 Å². The summed E-state index contributed by atoms with van der Waals surface area (Å²) in [7, 11) is 0. The first-order valence-electron chi connectivity index (χ1n) is 6.85. The second-order valence-electron chi connectivity index (χ2n) is 5.22. The molecular weight excluding hydrogens is 293 g/mol. The molecule has 0 radical (unpaired) electrons. The fourth-order valence-electron chi connectivity index (χ4n) is 2.44. The van der Waals surface area contributed by atoms with Crippen LogP contribution < -0.4 is 0 Å². The molecule has 2 nitrogen and oxygen atoms in total. The average Bonchev–Trinajstić information content (AvgIpc) is 2.45. The summed E-state index contributed by atoms with van der Waals surface area (Å²) in [4.78, 5) is 11.0. The third kappa shape index (κ3) is 4.35. The van der Waals surface area contributed by atoms with Gasteiger partial charge in [-0.1, -0.05) is 30.3 Å². The van der Waals surface area contributed by atoms with E-state index in [-0.39, 0.29) is 18.4 Å². The molecule has 0 aliphatic rings. The number of carboxylic acids is 1. The molecule has 2 rings (SSSR count). The molecule has 0 heterocycles. The summed E-state index contributed by atoms with van der Waals surface area (Å²) >= 11 is 0. The van der Waals surface area contributed by atoms with Crippen LogP contribution in [0.4, 0.5) is 13.2 Å². The lowest BCUT2D eigenvalue weighted by atomic mass is 9.89. The zero-order chi connectivity index (χ0) is 16.1. The second kappa shape index (κ2) is 7.11. The number of carboxylic acid groups (broad SMARTS) is 1. The largest absolute Gasteiger partial charge is 0.481 e. The van der Waals surface area contributed by atoms with Gasteiger partial charge in [-0.25, -0.2) is 13.2 Å². The summed E-state index contributed by atoms with van der Waals surface area (Å²) in [6, 6.07) is 10.5. The second-order valence-corrected chi connectivity index (χ2v) is 5.22. The number of hydrogen-bond donors (Lipinski definition) is 1. The zero-order valence-corrected chi connectivity index (χ0v) is 11.7. The molecule has 1 N–H and O–H groups in total. The van der Waals surface area contributed by atoms with Gasteiger partial charge in [0.15, 0.2) is 11.6 Å². The van der Waals surface area contributed by atoms with E-state index in [1.54, 1.807) is 0 Å². The molecule has 1 atom stereocenters.